The summed E-state index contributed by atoms with van der Waals surface area (Å²) in [6.45, 7) is 5.73. The fraction of sp³-hybridized carbons (Fsp3) is 0.462. The highest BCUT2D eigenvalue weighted by Gasteiger charge is 2.19. The largest absolute Gasteiger partial charge is 0.479 e. The first-order valence-electron chi connectivity index (χ1n) is 5.33. The Morgan fingerprint density at radius 1 is 1.31 bits per heavy atom. The van der Waals surface area contributed by atoms with E-state index in [-0.39, 0.29) is 10.7 Å². The normalized spacial score (nSPS) is 13.2. The Morgan fingerprint density at radius 2 is 1.88 bits per heavy atom. The molecule has 2 nitrogen and oxygen atoms in total. The number of thiocarbonyl (C=S) groups is 1. The molecule has 16 heavy (non-hydrogen) atoms. The molecular weight excluding hydrogens is 220 g/mol. The molecule has 0 amide bonds. The van der Waals surface area contributed by atoms with Crippen LogP contribution in [0.15, 0.2) is 30.3 Å². The van der Waals surface area contributed by atoms with Crippen LogP contribution in [0.3, 0.4) is 0 Å². The molecule has 0 aliphatic rings. The Balaban J connectivity index is 2.53. The van der Waals surface area contributed by atoms with Gasteiger partial charge in [0.05, 0.1) is 0 Å². The van der Waals surface area contributed by atoms with E-state index < -0.39 is 6.10 Å². The number of rotatable bonds is 3. The standard InChI is InChI=1S/C13H18O2S/c1-13(2,3)15-12(16)11(14)9-10-7-5-4-6-8-10/h4-8,11,14H,9H2,1-3H3. The lowest BCUT2D eigenvalue weighted by Gasteiger charge is -2.24. The first kappa shape index (κ1) is 13.1. The van der Waals surface area contributed by atoms with Crippen molar-refractivity contribution in [3.8, 4) is 0 Å². The van der Waals surface area contributed by atoms with E-state index in [1.165, 1.54) is 0 Å². The first-order chi connectivity index (χ1) is 7.38. The number of benzene rings is 1. The molecule has 1 rings (SSSR count). The van der Waals surface area contributed by atoms with Crippen molar-refractivity contribution in [2.75, 3.05) is 0 Å². The summed E-state index contributed by atoms with van der Waals surface area (Å²) in [7, 11) is 0. The minimum Gasteiger partial charge on any atom is -0.479 e. The maximum Gasteiger partial charge on any atom is 0.189 e. The molecule has 0 bridgehead atoms. The van der Waals surface area contributed by atoms with Gasteiger partial charge in [0.15, 0.2) is 5.05 Å². The fourth-order valence-electron chi connectivity index (χ4n) is 1.29. The Bertz CT molecular complexity index is 341. The second-order valence-corrected chi connectivity index (χ2v) is 5.14. The first-order valence-corrected chi connectivity index (χ1v) is 5.74. The third-order valence-corrected chi connectivity index (χ3v) is 2.31. The van der Waals surface area contributed by atoms with Gasteiger partial charge in [-0.2, -0.15) is 0 Å². The van der Waals surface area contributed by atoms with Gasteiger partial charge in [0, 0.05) is 6.42 Å². The Morgan fingerprint density at radius 3 is 2.38 bits per heavy atom. The molecule has 88 valence electrons. The highest BCUT2D eigenvalue weighted by Crippen LogP contribution is 2.12. The van der Waals surface area contributed by atoms with Crippen LogP contribution in [-0.2, 0) is 11.2 Å². The lowest BCUT2D eigenvalue weighted by atomic mass is 10.1. The molecule has 0 aliphatic carbocycles. The molecule has 1 atom stereocenters. The maximum atomic E-state index is 9.87. The highest BCUT2D eigenvalue weighted by molar-refractivity contribution is 7.80. The maximum absolute atomic E-state index is 9.87. The van der Waals surface area contributed by atoms with E-state index in [2.05, 4.69) is 0 Å². The number of hydrogen-bond donors (Lipinski definition) is 1. The van der Waals surface area contributed by atoms with Gasteiger partial charge in [-0.25, -0.2) is 0 Å². The molecule has 0 fully saturated rings. The molecule has 0 radical (unpaired) electrons. The van der Waals surface area contributed by atoms with Gasteiger partial charge < -0.3 is 9.84 Å². The molecule has 1 aromatic carbocycles. The molecule has 1 aromatic rings. The summed E-state index contributed by atoms with van der Waals surface area (Å²) in [5.41, 5.74) is 0.698. The molecule has 0 saturated carbocycles. The summed E-state index contributed by atoms with van der Waals surface area (Å²) in [5, 5.41) is 10.1. The smallest absolute Gasteiger partial charge is 0.189 e. The SMILES string of the molecule is CC(C)(C)OC(=S)C(O)Cc1ccccc1. The van der Waals surface area contributed by atoms with Crippen molar-refractivity contribution in [1.29, 1.82) is 0 Å². The van der Waals surface area contributed by atoms with Crippen LogP contribution >= 0.6 is 12.2 Å². The summed E-state index contributed by atoms with van der Waals surface area (Å²) in [6.07, 6.45) is -0.230. The van der Waals surface area contributed by atoms with E-state index in [1.807, 2.05) is 51.1 Å². The summed E-state index contributed by atoms with van der Waals surface area (Å²) in [4.78, 5) is 0. The number of aliphatic hydroxyl groups excluding tert-OH is 1. The lowest BCUT2D eigenvalue weighted by molar-refractivity contribution is 0.0914. The second-order valence-electron chi connectivity index (χ2n) is 4.74. The van der Waals surface area contributed by atoms with Gasteiger partial charge >= 0.3 is 0 Å². The van der Waals surface area contributed by atoms with Crippen molar-refractivity contribution >= 4 is 17.3 Å². The van der Waals surface area contributed by atoms with Crippen molar-refractivity contribution in [3.63, 3.8) is 0 Å². The number of aliphatic hydroxyl groups is 1. The molecule has 0 aromatic heterocycles. The van der Waals surface area contributed by atoms with Gasteiger partial charge in [0.25, 0.3) is 0 Å². The van der Waals surface area contributed by atoms with Gasteiger partial charge in [0.1, 0.15) is 11.7 Å². The van der Waals surface area contributed by atoms with E-state index in [9.17, 15) is 5.11 Å². The van der Waals surface area contributed by atoms with Crippen LogP contribution in [-0.4, -0.2) is 21.9 Å². The molecule has 0 heterocycles. The summed E-state index contributed by atoms with van der Waals surface area (Å²) >= 11 is 5.05. The zero-order chi connectivity index (χ0) is 12.2. The second kappa shape index (κ2) is 5.41. The third-order valence-electron chi connectivity index (χ3n) is 1.95. The molecule has 1 N–H and O–H groups in total. The Labute approximate surface area is 102 Å². The van der Waals surface area contributed by atoms with Crippen LogP contribution in [0.1, 0.15) is 26.3 Å². The summed E-state index contributed by atoms with van der Waals surface area (Å²) < 4.78 is 5.45. The monoisotopic (exact) mass is 238 g/mol. The average molecular weight is 238 g/mol. The van der Waals surface area contributed by atoms with E-state index >= 15 is 0 Å². The predicted molar refractivity (Wildman–Crippen MR) is 69.6 cm³/mol. The van der Waals surface area contributed by atoms with E-state index in [0.29, 0.717) is 6.42 Å². The van der Waals surface area contributed by atoms with Gasteiger partial charge in [-0.1, -0.05) is 30.3 Å². The van der Waals surface area contributed by atoms with Crippen LogP contribution in [0.5, 0.6) is 0 Å². The van der Waals surface area contributed by atoms with E-state index in [0.717, 1.165) is 5.56 Å². The van der Waals surface area contributed by atoms with Crippen molar-refractivity contribution in [2.24, 2.45) is 0 Å². The zero-order valence-corrected chi connectivity index (χ0v) is 10.8. The molecule has 1 unspecified atom stereocenters. The van der Waals surface area contributed by atoms with Gasteiger partial charge in [0.2, 0.25) is 0 Å². The van der Waals surface area contributed by atoms with E-state index in [1.54, 1.807) is 0 Å². The lowest BCUT2D eigenvalue weighted by Crippen LogP contribution is -2.31. The van der Waals surface area contributed by atoms with Crippen LogP contribution in [0.2, 0.25) is 0 Å². The van der Waals surface area contributed by atoms with E-state index in [4.69, 9.17) is 17.0 Å². The highest BCUT2D eigenvalue weighted by atomic mass is 32.1. The minimum absolute atomic E-state index is 0.261. The molecule has 0 saturated heterocycles. The van der Waals surface area contributed by atoms with Crippen LogP contribution in [0, 0.1) is 0 Å². The third kappa shape index (κ3) is 4.73. The molecule has 3 heteroatoms. The van der Waals surface area contributed by atoms with Crippen molar-refractivity contribution in [3.05, 3.63) is 35.9 Å². The number of hydrogen-bond acceptors (Lipinski definition) is 3. The quantitative estimate of drug-likeness (QED) is 0.821. The van der Waals surface area contributed by atoms with Crippen molar-refractivity contribution in [1.82, 2.24) is 0 Å². The fourth-order valence-corrected chi connectivity index (χ4v) is 1.62. The topological polar surface area (TPSA) is 29.5 Å². The molecule has 0 spiro atoms. The minimum atomic E-state index is -0.725. The average Bonchev–Trinajstić information content (AvgIpc) is 2.16. The Hall–Kier alpha value is -0.930. The van der Waals surface area contributed by atoms with Crippen LogP contribution < -0.4 is 0 Å². The number of ether oxygens (including phenoxy) is 1. The zero-order valence-electron chi connectivity index (χ0n) is 9.93. The summed E-state index contributed by atoms with van der Waals surface area (Å²) in [6, 6.07) is 9.75. The van der Waals surface area contributed by atoms with Gasteiger partial charge in [-0.3, -0.25) is 0 Å². The van der Waals surface area contributed by atoms with Crippen LogP contribution in [0.25, 0.3) is 0 Å². The Kier molecular flexibility index (Phi) is 4.44. The van der Waals surface area contributed by atoms with Crippen LogP contribution in [0.4, 0.5) is 0 Å². The van der Waals surface area contributed by atoms with Gasteiger partial charge in [-0.05, 0) is 38.6 Å². The molecular formula is C13H18O2S. The molecule has 0 aliphatic heterocycles. The van der Waals surface area contributed by atoms with Crippen molar-refractivity contribution in [2.45, 2.75) is 38.9 Å². The summed E-state index contributed by atoms with van der Waals surface area (Å²) in [5.74, 6) is 0. The van der Waals surface area contributed by atoms with Crippen molar-refractivity contribution < 1.29 is 9.84 Å². The van der Waals surface area contributed by atoms with Gasteiger partial charge in [-0.15, -0.1) is 0 Å². The predicted octanol–water partition coefficient (Wildman–Crippen LogP) is 2.73.